The van der Waals surface area contributed by atoms with Crippen molar-refractivity contribution in [3.8, 4) is 0 Å². The molecule has 0 fully saturated rings. The highest BCUT2D eigenvalue weighted by molar-refractivity contribution is 9.10. The minimum absolute atomic E-state index is 0.126. The summed E-state index contributed by atoms with van der Waals surface area (Å²) in [5.74, 6) is -0.252. The van der Waals surface area contributed by atoms with Crippen molar-refractivity contribution in [2.45, 2.75) is 232 Å². The maximum Gasteiger partial charge on any atom is 0.209 e. The van der Waals surface area contributed by atoms with Gasteiger partial charge in [-0.05, 0) is 68.7 Å². The number of hydrogen-bond donors (Lipinski definition) is 0. The average Bonchev–Trinajstić information content (AvgIpc) is 3.61. The van der Waals surface area contributed by atoms with Gasteiger partial charge in [-0.3, -0.25) is 4.79 Å². The second-order valence-electron chi connectivity index (χ2n) is 20.6. The van der Waals surface area contributed by atoms with E-state index in [0.29, 0.717) is 11.1 Å². The van der Waals surface area contributed by atoms with Crippen LogP contribution >= 0.6 is 31.9 Å². The van der Waals surface area contributed by atoms with Gasteiger partial charge in [0.25, 0.3) is 0 Å². The van der Waals surface area contributed by atoms with Crippen molar-refractivity contribution >= 4 is 54.7 Å². The zero-order valence-corrected chi connectivity index (χ0v) is 44.5. The molecule has 0 bridgehead atoms. The van der Waals surface area contributed by atoms with Crippen molar-refractivity contribution in [1.29, 1.82) is 0 Å². The molecule has 4 nitrogen and oxygen atoms in total. The van der Waals surface area contributed by atoms with E-state index in [9.17, 15) is 9.90 Å². The number of carbonyl (C=O) groups excluding carboxylic acids is 1. The fourth-order valence-electron chi connectivity index (χ4n) is 10.6. The van der Waals surface area contributed by atoms with Crippen LogP contribution in [0.3, 0.4) is 0 Å². The Kier molecular flexibility index (Phi) is 22.0. The van der Waals surface area contributed by atoms with E-state index in [1.807, 2.05) is 12.2 Å². The van der Waals surface area contributed by atoms with Crippen LogP contribution in [0.25, 0.3) is 0 Å². The van der Waals surface area contributed by atoms with Gasteiger partial charge in [-0.15, -0.1) is 0 Å². The van der Waals surface area contributed by atoms with E-state index < -0.39 is 0 Å². The normalized spacial score (nSPS) is 17.6. The largest absolute Gasteiger partial charge is 0.871 e. The van der Waals surface area contributed by atoms with Crippen LogP contribution in [0.5, 0.6) is 0 Å². The Labute approximate surface area is 408 Å². The van der Waals surface area contributed by atoms with Gasteiger partial charge in [-0.1, -0.05) is 226 Å². The SMILES string of the molecule is CCCCCCCCCCCCCCCCN1/C(=C/C2=C([O-])C(=C/C3=[N+](CCCCCCCCCCCCCCCC)c4ccc(Br)cc4C3(C)C)/C2=O)C(C)(C)c2cc(Br)ccc21. The molecule has 2 heterocycles. The van der Waals surface area contributed by atoms with Crippen molar-refractivity contribution in [1.82, 2.24) is 0 Å². The smallest absolute Gasteiger partial charge is 0.209 e. The fourth-order valence-corrected chi connectivity index (χ4v) is 11.3. The Hall–Kier alpha value is -2.44. The highest BCUT2D eigenvalue weighted by Crippen LogP contribution is 2.50. The lowest BCUT2D eigenvalue weighted by Gasteiger charge is -2.33. The van der Waals surface area contributed by atoms with E-state index in [1.54, 1.807) is 0 Å². The highest BCUT2D eigenvalue weighted by Gasteiger charge is 2.46. The van der Waals surface area contributed by atoms with Gasteiger partial charge in [0.2, 0.25) is 5.69 Å². The van der Waals surface area contributed by atoms with Crippen LogP contribution in [0.1, 0.15) is 232 Å². The predicted molar refractivity (Wildman–Crippen MR) is 280 cm³/mol. The molecule has 0 N–H and O–H groups in total. The highest BCUT2D eigenvalue weighted by atomic mass is 79.9. The number of halogens is 2. The summed E-state index contributed by atoms with van der Waals surface area (Å²) in [5.41, 5.74) is 6.92. The van der Waals surface area contributed by atoms with Crippen LogP contribution in [0.4, 0.5) is 11.4 Å². The number of allylic oxidation sites excluding steroid dienone is 5. The van der Waals surface area contributed by atoms with E-state index in [0.717, 1.165) is 46.3 Å². The minimum Gasteiger partial charge on any atom is -0.871 e. The fraction of sp³-hybridized carbons (Fsp3) is 0.655. The van der Waals surface area contributed by atoms with Crippen molar-refractivity contribution in [3.63, 3.8) is 0 Å². The second kappa shape index (κ2) is 26.8. The molecule has 0 aromatic heterocycles. The Morgan fingerprint density at radius 2 is 1.00 bits per heavy atom. The lowest BCUT2D eigenvalue weighted by Crippen LogP contribution is -2.35. The van der Waals surface area contributed by atoms with E-state index in [-0.39, 0.29) is 22.4 Å². The van der Waals surface area contributed by atoms with Crippen LogP contribution in [0.15, 0.2) is 80.1 Å². The molecule has 6 heteroatoms. The van der Waals surface area contributed by atoms with Crippen molar-refractivity contribution < 1.29 is 14.5 Å². The number of hydrogen-bond acceptors (Lipinski definition) is 3. The molecule has 0 spiro atoms. The number of fused-ring (bicyclic) bond motifs is 2. The predicted octanol–water partition coefficient (Wildman–Crippen LogP) is 17.4. The molecule has 0 atom stereocenters. The molecule has 0 saturated carbocycles. The lowest BCUT2D eigenvalue weighted by molar-refractivity contribution is -0.438. The summed E-state index contributed by atoms with van der Waals surface area (Å²) in [4.78, 5) is 16.6. The quantitative estimate of drug-likeness (QED) is 0.0417. The molecule has 2 aliphatic heterocycles. The Morgan fingerprint density at radius 3 is 1.48 bits per heavy atom. The monoisotopic (exact) mass is 1000 g/mol. The first kappa shape index (κ1) is 52.5. The number of rotatable bonds is 32. The lowest BCUT2D eigenvalue weighted by atomic mass is 9.77. The third-order valence-electron chi connectivity index (χ3n) is 14.7. The van der Waals surface area contributed by atoms with Gasteiger partial charge >= 0.3 is 0 Å². The summed E-state index contributed by atoms with van der Waals surface area (Å²) in [5, 5.41) is 14.2. The Balaban J connectivity index is 1.21. The van der Waals surface area contributed by atoms with Gasteiger partial charge in [-0.25, -0.2) is 0 Å². The molecule has 2 aromatic carbocycles. The summed E-state index contributed by atoms with van der Waals surface area (Å²) in [6.45, 7) is 15.3. The van der Waals surface area contributed by atoms with Gasteiger partial charge in [-0.2, -0.15) is 4.58 Å². The molecular weight excluding hydrogens is 916 g/mol. The van der Waals surface area contributed by atoms with Gasteiger partial charge in [0.1, 0.15) is 6.54 Å². The van der Waals surface area contributed by atoms with E-state index in [4.69, 9.17) is 0 Å². The third-order valence-corrected chi connectivity index (χ3v) is 15.7. The number of benzene rings is 2. The summed E-state index contributed by atoms with van der Waals surface area (Å²) in [7, 11) is 0. The number of anilines is 1. The summed E-state index contributed by atoms with van der Waals surface area (Å²) >= 11 is 7.45. The molecular formula is C58H86Br2N2O2. The summed E-state index contributed by atoms with van der Waals surface area (Å²) in [6, 6.07) is 13.1. The molecule has 0 saturated heterocycles. The number of Topliss-reactive ketones (excluding diaryl/α,β-unsaturated/α-hetero) is 1. The molecule has 354 valence electrons. The van der Waals surface area contributed by atoms with Gasteiger partial charge in [0, 0.05) is 67.6 Å². The molecule has 0 radical (unpaired) electrons. The first-order valence-electron chi connectivity index (χ1n) is 26.4. The molecule has 64 heavy (non-hydrogen) atoms. The van der Waals surface area contributed by atoms with Crippen LogP contribution in [0, 0.1) is 0 Å². The standard InChI is InChI=1S/C58H86Br2N2O2/c1-7-9-11-13-15-17-19-21-23-25-27-29-31-33-39-61-51-37-35-45(59)41-49(51)57(3,4)53(61)43-47-55(63)48(56(47)64)44-54-58(5,6)50-42-46(60)36-38-52(50)62(54)40-34-32-30-28-26-24-22-20-18-16-14-12-10-8-2/h35-38,41-44H,7-34,39-40H2,1-6H3. The molecule has 2 aromatic rings. The molecule has 0 amide bonds. The van der Waals surface area contributed by atoms with Gasteiger partial charge in [0.15, 0.2) is 11.5 Å². The van der Waals surface area contributed by atoms with E-state index in [1.165, 1.54) is 189 Å². The zero-order chi connectivity index (χ0) is 46.0. The number of ketones is 1. The van der Waals surface area contributed by atoms with Crippen LogP contribution in [-0.4, -0.2) is 29.2 Å². The molecule has 5 rings (SSSR count). The molecule has 0 unspecified atom stereocenters. The van der Waals surface area contributed by atoms with Crippen molar-refractivity contribution in [2.75, 3.05) is 18.0 Å². The number of unbranched alkanes of at least 4 members (excludes halogenated alkanes) is 26. The summed E-state index contributed by atoms with van der Waals surface area (Å²) < 4.78 is 4.50. The number of nitrogens with zero attached hydrogens (tertiary/aromatic N) is 2. The first-order chi connectivity index (χ1) is 30.9. The second-order valence-corrected chi connectivity index (χ2v) is 22.4. The van der Waals surface area contributed by atoms with Crippen LogP contribution in [-0.2, 0) is 15.6 Å². The van der Waals surface area contributed by atoms with Crippen LogP contribution in [0.2, 0.25) is 0 Å². The first-order valence-corrected chi connectivity index (χ1v) is 27.9. The third kappa shape index (κ3) is 14.3. The van der Waals surface area contributed by atoms with E-state index in [2.05, 4.69) is 119 Å². The summed E-state index contributed by atoms with van der Waals surface area (Å²) in [6.07, 6.45) is 41.2. The maximum absolute atomic E-state index is 14.2. The van der Waals surface area contributed by atoms with Gasteiger partial charge in [0.05, 0.1) is 5.41 Å². The Bertz CT molecular complexity index is 1930. The van der Waals surface area contributed by atoms with Crippen molar-refractivity contribution in [3.05, 3.63) is 91.2 Å². The van der Waals surface area contributed by atoms with E-state index >= 15 is 0 Å². The minimum atomic E-state index is -0.344. The van der Waals surface area contributed by atoms with Crippen molar-refractivity contribution in [2.24, 2.45) is 0 Å². The average molecular weight is 1000 g/mol. The topological polar surface area (TPSA) is 46.4 Å². The number of carbonyl (C=O) groups is 1. The zero-order valence-electron chi connectivity index (χ0n) is 41.3. The molecule has 3 aliphatic rings. The van der Waals surface area contributed by atoms with Crippen LogP contribution < -0.4 is 10.0 Å². The Morgan fingerprint density at radius 1 is 0.562 bits per heavy atom. The maximum atomic E-state index is 14.2. The van der Waals surface area contributed by atoms with Gasteiger partial charge < -0.3 is 10.0 Å². The molecule has 1 aliphatic carbocycles.